The van der Waals surface area contributed by atoms with E-state index in [0.717, 1.165) is 0 Å². The van der Waals surface area contributed by atoms with Crippen molar-refractivity contribution in [1.29, 1.82) is 0 Å². The van der Waals surface area contributed by atoms with E-state index in [2.05, 4.69) is 0 Å². The van der Waals surface area contributed by atoms with E-state index in [1.807, 2.05) is 0 Å². The van der Waals surface area contributed by atoms with Crippen LogP contribution in [0.25, 0.3) is 0 Å². The van der Waals surface area contributed by atoms with Gasteiger partial charge in [-0.1, -0.05) is 0 Å². The number of rotatable bonds is 0. The van der Waals surface area contributed by atoms with E-state index in [-0.39, 0.29) is 55.7 Å². The Hall–Kier alpha value is 1.42. The van der Waals surface area contributed by atoms with E-state index in [1.54, 1.807) is 10.1 Å². The smallest absolute Gasteiger partial charge is 2.00 e. The van der Waals surface area contributed by atoms with E-state index in [4.69, 9.17) is 4.46 Å². The van der Waals surface area contributed by atoms with Crippen molar-refractivity contribution in [3.05, 3.63) is 0 Å². The van der Waals surface area contributed by atoms with E-state index < -0.39 is 0 Å². The summed E-state index contributed by atoms with van der Waals surface area (Å²) in [6.07, 6.45) is 0. The first-order valence-corrected chi connectivity index (χ1v) is 0.612. The summed E-state index contributed by atoms with van der Waals surface area (Å²) in [7, 11) is 1.72. The number of hydrogen-bond donors (Lipinski definition) is 0. The van der Waals surface area contributed by atoms with E-state index >= 15 is 0 Å². The molecule has 0 aromatic carbocycles. The average molecular weight is 148 g/mol. The fraction of sp³-hybridized carbons (Fsp3) is 0. The minimum Gasteiger partial charge on any atom is -2.00 e. The Morgan fingerprint density at radius 3 is 1.00 bits per heavy atom. The summed E-state index contributed by atoms with van der Waals surface area (Å²) in [6, 6.07) is 0. The molecule has 6 heavy (non-hydrogen) atoms. The van der Waals surface area contributed by atoms with Gasteiger partial charge in [0.2, 0.25) is 0 Å². The van der Waals surface area contributed by atoms with Crippen molar-refractivity contribution in [2.24, 2.45) is 0 Å². The van der Waals surface area contributed by atoms with Gasteiger partial charge in [-0.05, 0) is 0 Å². The summed E-state index contributed by atoms with van der Waals surface area (Å²) in [5.41, 5.74) is 0. The van der Waals surface area contributed by atoms with Gasteiger partial charge in [0.15, 0.2) is 0 Å². The zero-order valence-electron chi connectivity index (χ0n) is 2.93. The molecule has 0 aromatic rings. The minimum absolute atomic E-state index is 0. The standard InChI is InChI=1S/Mg.OSi.2O.Ti/c;1-2;;;/q2*+2;2*-2;+4. The maximum absolute atomic E-state index is 8.06. The van der Waals surface area contributed by atoms with Gasteiger partial charge in [-0.2, -0.15) is 0 Å². The summed E-state index contributed by atoms with van der Waals surface area (Å²) < 4.78 is 8.06. The van der Waals surface area contributed by atoms with Crippen LogP contribution in [0.5, 0.6) is 0 Å². The van der Waals surface area contributed by atoms with Crippen molar-refractivity contribution < 1.29 is 37.1 Å². The molecule has 0 saturated heterocycles. The predicted octanol–water partition coefficient (Wildman–Crippen LogP) is -1.12. The fourth-order valence-electron chi connectivity index (χ4n) is 0. The van der Waals surface area contributed by atoms with Gasteiger partial charge in [0.25, 0.3) is 0 Å². The molecule has 0 aliphatic rings. The quantitative estimate of drug-likeness (QED) is 0.401. The van der Waals surface area contributed by atoms with E-state index in [0.29, 0.717) is 0 Å². The third kappa shape index (κ3) is 52.6. The van der Waals surface area contributed by atoms with Gasteiger partial charge in [0.1, 0.15) is 0 Å². The van der Waals surface area contributed by atoms with Crippen LogP contribution in [0.3, 0.4) is 0 Å². The zero-order chi connectivity index (χ0) is 2.00. The largest absolute Gasteiger partial charge is 4.00 e. The van der Waals surface area contributed by atoms with Crippen LogP contribution in [0.15, 0.2) is 0 Å². The molecule has 0 saturated carbocycles. The molecule has 3 nitrogen and oxygen atoms in total. The SMILES string of the molecule is O=[Si+2].[Mg+2].[O-2].[O-2].[Ti+4]. The van der Waals surface area contributed by atoms with Crippen molar-refractivity contribution in [2.75, 3.05) is 0 Å². The third-order valence-corrected chi connectivity index (χ3v) is 0. The molecule has 0 aromatic heterocycles. The Bertz CT molecular complexity index is 10.8. The second-order valence-corrected chi connectivity index (χ2v) is 0. The summed E-state index contributed by atoms with van der Waals surface area (Å²) in [6.45, 7) is 0. The van der Waals surface area contributed by atoms with Crippen molar-refractivity contribution in [3.8, 4) is 0 Å². The Balaban J connectivity index is -0.000000000833. The second kappa shape index (κ2) is 93.7. The average Bonchev–Trinajstić information content (AvgIpc) is 1.00. The summed E-state index contributed by atoms with van der Waals surface area (Å²) in [5, 5.41) is 0. The van der Waals surface area contributed by atoms with Crippen LogP contribution < -0.4 is 0 Å². The van der Waals surface area contributed by atoms with Crippen LogP contribution in [0.1, 0.15) is 0 Å². The molecule has 0 radical (unpaired) electrons. The van der Waals surface area contributed by atoms with Crippen molar-refractivity contribution in [1.82, 2.24) is 0 Å². The molecule has 0 unspecified atom stereocenters. The fourth-order valence-corrected chi connectivity index (χ4v) is 0. The molecule has 0 spiro atoms. The molecule has 0 fully saturated rings. The van der Waals surface area contributed by atoms with E-state index in [1.165, 1.54) is 0 Å². The monoisotopic (exact) mass is 148 g/mol. The van der Waals surface area contributed by atoms with E-state index in [9.17, 15) is 0 Å². The maximum atomic E-state index is 8.06. The van der Waals surface area contributed by atoms with Gasteiger partial charge < -0.3 is 11.0 Å². The molecular weight excluding hydrogens is 148 g/mol. The molecule has 0 bridgehead atoms. The first-order valence-electron chi connectivity index (χ1n) is 0.204. The van der Waals surface area contributed by atoms with Crippen LogP contribution in [-0.4, -0.2) is 33.2 Å². The van der Waals surface area contributed by atoms with Crippen molar-refractivity contribution in [3.63, 3.8) is 0 Å². The molecule has 0 aliphatic carbocycles. The Labute approximate surface area is 70.0 Å². The molecule has 0 atom stereocenters. The molecular formula is MgO3SiTi+4. The molecule has 0 aliphatic heterocycles. The third-order valence-electron chi connectivity index (χ3n) is 0. The minimum atomic E-state index is 0. The summed E-state index contributed by atoms with van der Waals surface area (Å²) in [4.78, 5) is 0. The van der Waals surface area contributed by atoms with Crippen LogP contribution in [0, 0.1) is 0 Å². The van der Waals surface area contributed by atoms with Gasteiger partial charge in [-0.15, -0.1) is 0 Å². The maximum Gasteiger partial charge on any atom is 4.00 e. The van der Waals surface area contributed by atoms with Crippen LogP contribution in [-0.2, 0) is 37.1 Å². The molecule has 0 rings (SSSR count). The normalized spacial score (nSPS) is 1.00. The van der Waals surface area contributed by atoms with Gasteiger partial charge in [0.05, 0.1) is 0 Å². The van der Waals surface area contributed by atoms with Gasteiger partial charge >= 0.3 is 59.4 Å². The first-order chi connectivity index (χ1) is 1.00. The number of hydrogen-bond acceptors (Lipinski definition) is 1. The Kier molecular flexibility index (Phi) is 817. The van der Waals surface area contributed by atoms with Crippen molar-refractivity contribution >= 4 is 33.2 Å². The van der Waals surface area contributed by atoms with Gasteiger partial charge in [-0.25, -0.2) is 0 Å². The molecule has 0 amide bonds. The van der Waals surface area contributed by atoms with Crippen LogP contribution in [0.2, 0.25) is 0 Å². The van der Waals surface area contributed by atoms with Crippen molar-refractivity contribution in [2.45, 2.75) is 0 Å². The first kappa shape index (κ1) is 52.3. The Morgan fingerprint density at radius 1 is 1.00 bits per heavy atom. The Morgan fingerprint density at radius 2 is 1.00 bits per heavy atom. The van der Waals surface area contributed by atoms with Gasteiger partial charge in [0, 0.05) is 0 Å². The molecule has 24 valence electrons. The molecule has 0 heterocycles. The molecule has 6 heteroatoms. The predicted molar refractivity (Wildman–Crippen MR) is 13.6 cm³/mol. The topological polar surface area (TPSA) is 74.1 Å². The van der Waals surface area contributed by atoms with Crippen LogP contribution >= 0.6 is 0 Å². The second-order valence-electron chi connectivity index (χ2n) is 0. The molecule has 0 N–H and O–H groups in total. The van der Waals surface area contributed by atoms with Crippen LogP contribution in [0.4, 0.5) is 0 Å². The zero-order valence-corrected chi connectivity index (χ0v) is 6.91. The van der Waals surface area contributed by atoms with Gasteiger partial charge in [-0.3, -0.25) is 0 Å². The summed E-state index contributed by atoms with van der Waals surface area (Å²) in [5.74, 6) is 0. The summed E-state index contributed by atoms with van der Waals surface area (Å²) >= 11 is 0.